The van der Waals surface area contributed by atoms with Crippen LogP contribution in [0, 0.1) is 5.92 Å². The van der Waals surface area contributed by atoms with E-state index in [-0.39, 0.29) is 0 Å². The second-order valence-electron chi connectivity index (χ2n) is 3.90. The van der Waals surface area contributed by atoms with Crippen molar-refractivity contribution >= 4 is 11.6 Å². The van der Waals surface area contributed by atoms with Gasteiger partial charge in [-0.05, 0) is 37.4 Å². The molecule has 0 amide bonds. The molecule has 0 bridgehead atoms. The molecule has 0 aliphatic rings. The Morgan fingerprint density at radius 2 is 2.33 bits per heavy atom. The molecular weight excluding hydrogens is 208 g/mol. The van der Waals surface area contributed by atoms with Gasteiger partial charge in [0.15, 0.2) is 0 Å². The smallest absolute Gasteiger partial charge is 0.0541 e. The third-order valence-electron chi connectivity index (χ3n) is 2.35. The molecule has 1 unspecified atom stereocenters. The van der Waals surface area contributed by atoms with Gasteiger partial charge in [-0.3, -0.25) is 4.98 Å². The summed E-state index contributed by atoms with van der Waals surface area (Å²) in [6, 6.07) is 5.99. The fourth-order valence-corrected chi connectivity index (χ4v) is 1.53. The summed E-state index contributed by atoms with van der Waals surface area (Å²) in [4.78, 5) is 4.24. The Kier molecular flexibility index (Phi) is 6.37. The molecular formula is C12H19ClN2. The maximum Gasteiger partial charge on any atom is 0.0541 e. The average molecular weight is 227 g/mol. The normalized spacial score (nSPS) is 12.7. The predicted octanol–water partition coefficient (Wildman–Crippen LogP) is 2.83. The van der Waals surface area contributed by atoms with Gasteiger partial charge < -0.3 is 5.32 Å². The molecule has 0 fully saturated rings. The molecule has 1 atom stereocenters. The second-order valence-corrected chi connectivity index (χ2v) is 4.21. The topological polar surface area (TPSA) is 24.9 Å². The summed E-state index contributed by atoms with van der Waals surface area (Å²) in [6.07, 6.45) is 4.20. The Hall–Kier alpha value is -0.600. The van der Waals surface area contributed by atoms with Gasteiger partial charge in [0.2, 0.25) is 0 Å². The summed E-state index contributed by atoms with van der Waals surface area (Å²) in [5, 5.41) is 3.38. The highest BCUT2D eigenvalue weighted by atomic mass is 35.5. The predicted molar refractivity (Wildman–Crippen MR) is 65.1 cm³/mol. The summed E-state index contributed by atoms with van der Waals surface area (Å²) in [7, 11) is 0. The van der Waals surface area contributed by atoms with Gasteiger partial charge in [-0.1, -0.05) is 13.0 Å². The van der Waals surface area contributed by atoms with E-state index in [9.17, 15) is 0 Å². The van der Waals surface area contributed by atoms with Crippen molar-refractivity contribution in [1.29, 1.82) is 0 Å². The van der Waals surface area contributed by atoms with E-state index in [1.54, 1.807) is 0 Å². The Morgan fingerprint density at radius 1 is 1.47 bits per heavy atom. The summed E-state index contributed by atoms with van der Waals surface area (Å²) >= 11 is 5.73. The van der Waals surface area contributed by atoms with Crippen molar-refractivity contribution in [1.82, 2.24) is 10.3 Å². The Morgan fingerprint density at radius 3 is 3.00 bits per heavy atom. The van der Waals surface area contributed by atoms with E-state index in [2.05, 4.69) is 17.2 Å². The summed E-state index contributed by atoms with van der Waals surface area (Å²) in [5.74, 6) is 1.39. The number of halogens is 1. The third kappa shape index (κ3) is 5.75. The zero-order valence-electron chi connectivity index (χ0n) is 9.25. The maximum atomic E-state index is 5.73. The minimum Gasteiger partial charge on any atom is -0.311 e. The SMILES string of the molecule is CC(CCl)CCCNCc1ccccn1. The molecule has 0 spiro atoms. The highest BCUT2D eigenvalue weighted by Gasteiger charge is 1.98. The van der Waals surface area contributed by atoms with E-state index in [0.717, 1.165) is 24.7 Å². The molecule has 2 nitrogen and oxygen atoms in total. The van der Waals surface area contributed by atoms with E-state index in [1.807, 2.05) is 24.4 Å². The van der Waals surface area contributed by atoms with Crippen LogP contribution in [0.15, 0.2) is 24.4 Å². The van der Waals surface area contributed by atoms with Crippen molar-refractivity contribution in [3.8, 4) is 0 Å². The molecule has 1 aromatic heterocycles. The first-order chi connectivity index (χ1) is 7.33. The zero-order chi connectivity index (χ0) is 10.9. The van der Waals surface area contributed by atoms with Crippen LogP contribution in [0.3, 0.4) is 0 Å². The molecule has 0 aliphatic carbocycles. The van der Waals surface area contributed by atoms with Gasteiger partial charge in [0.1, 0.15) is 0 Å². The lowest BCUT2D eigenvalue weighted by atomic mass is 10.1. The van der Waals surface area contributed by atoms with Crippen LogP contribution in [0.1, 0.15) is 25.5 Å². The molecule has 0 radical (unpaired) electrons. The van der Waals surface area contributed by atoms with Crippen molar-refractivity contribution < 1.29 is 0 Å². The molecule has 1 N–H and O–H groups in total. The van der Waals surface area contributed by atoms with E-state index < -0.39 is 0 Å². The average Bonchev–Trinajstić information content (AvgIpc) is 2.29. The molecule has 84 valence electrons. The molecule has 0 aliphatic heterocycles. The third-order valence-corrected chi connectivity index (χ3v) is 2.87. The first kappa shape index (κ1) is 12.5. The molecule has 0 saturated heterocycles. The molecule has 1 heterocycles. The van der Waals surface area contributed by atoms with Gasteiger partial charge in [0.25, 0.3) is 0 Å². The first-order valence-electron chi connectivity index (χ1n) is 5.49. The summed E-state index contributed by atoms with van der Waals surface area (Å²) in [5.41, 5.74) is 1.10. The molecule has 0 saturated carbocycles. The minimum absolute atomic E-state index is 0.628. The van der Waals surface area contributed by atoms with Crippen molar-refractivity contribution in [2.45, 2.75) is 26.3 Å². The van der Waals surface area contributed by atoms with Crippen LogP contribution in [0.25, 0.3) is 0 Å². The van der Waals surface area contributed by atoms with E-state index in [1.165, 1.54) is 12.8 Å². The standard InChI is InChI=1S/C12H19ClN2/c1-11(9-13)5-4-7-14-10-12-6-2-3-8-15-12/h2-3,6,8,11,14H,4-5,7,9-10H2,1H3. The van der Waals surface area contributed by atoms with Crippen LogP contribution < -0.4 is 5.32 Å². The van der Waals surface area contributed by atoms with E-state index in [0.29, 0.717) is 5.92 Å². The zero-order valence-corrected chi connectivity index (χ0v) is 10.0. The van der Waals surface area contributed by atoms with Crippen LogP contribution >= 0.6 is 11.6 Å². The van der Waals surface area contributed by atoms with Crippen molar-refractivity contribution in [2.24, 2.45) is 5.92 Å². The Balaban J connectivity index is 2.03. The summed E-state index contributed by atoms with van der Waals surface area (Å²) < 4.78 is 0. The second kappa shape index (κ2) is 7.66. The highest BCUT2D eigenvalue weighted by Crippen LogP contribution is 2.06. The quantitative estimate of drug-likeness (QED) is 0.571. The van der Waals surface area contributed by atoms with Gasteiger partial charge in [0, 0.05) is 18.6 Å². The molecule has 1 aromatic rings. The molecule has 15 heavy (non-hydrogen) atoms. The minimum atomic E-state index is 0.628. The number of hydrogen-bond donors (Lipinski definition) is 1. The van der Waals surface area contributed by atoms with Gasteiger partial charge in [-0.2, -0.15) is 0 Å². The lowest BCUT2D eigenvalue weighted by Crippen LogP contribution is -2.16. The van der Waals surface area contributed by atoms with Crippen LogP contribution in [0.4, 0.5) is 0 Å². The first-order valence-corrected chi connectivity index (χ1v) is 6.03. The van der Waals surface area contributed by atoms with Crippen molar-refractivity contribution in [3.63, 3.8) is 0 Å². The van der Waals surface area contributed by atoms with Gasteiger partial charge in [0.05, 0.1) is 5.69 Å². The number of rotatable bonds is 7. The van der Waals surface area contributed by atoms with Crippen molar-refractivity contribution in [2.75, 3.05) is 12.4 Å². The Labute approximate surface area is 97.1 Å². The summed E-state index contributed by atoms with van der Waals surface area (Å²) in [6.45, 7) is 4.08. The van der Waals surface area contributed by atoms with E-state index >= 15 is 0 Å². The largest absolute Gasteiger partial charge is 0.311 e. The number of alkyl halides is 1. The number of nitrogens with one attached hydrogen (secondary N) is 1. The van der Waals surface area contributed by atoms with Gasteiger partial charge in [-0.25, -0.2) is 0 Å². The lowest BCUT2D eigenvalue weighted by Gasteiger charge is -2.07. The number of hydrogen-bond acceptors (Lipinski definition) is 2. The van der Waals surface area contributed by atoms with Crippen LogP contribution in [-0.2, 0) is 6.54 Å². The number of nitrogens with zero attached hydrogens (tertiary/aromatic N) is 1. The van der Waals surface area contributed by atoms with Gasteiger partial charge >= 0.3 is 0 Å². The fraction of sp³-hybridized carbons (Fsp3) is 0.583. The molecule has 1 rings (SSSR count). The maximum absolute atomic E-state index is 5.73. The van der Waals surface area contributed by atoms with Crippen LogP contribution in [0.2, 0.25) is 0 Å². The van der Waals surface area contributed by atoms with Crippen molar-refractivity contribution in [3.05, 3.63) is 30.1 Å². The van der Waals surface area contributed by atoms with Gasteiger partial charge in [-0.15, -0.1) is 11.6 Å². The van der Waals surface area contributed by atoms with E-state index in [4.69, 9.17) is 11.6 Å². The fourth-order valence-electron chi connectivity index (χ4n) is 1.37. The molecule has 3 heteroatoms. The molecule has 0 aromatic carbocycles. The Bertz CT molecular complexity index is 251. The monoisotopic (exact) mass is 226 g/mol. The highest BCUT2D eigenvalue weighted by molar-refractivity contribution is 6.18. The van der Waals surface area contributed by atoms with Crippen LogP contribution in [0.5, 0.6) is 0 Å². The number of aromatic nitrogens is 1. The van der Waals surface area contributed by atoms with Crippen LogP contribution in [-0.4, -0.2) is 17.4 Å². The lowest BCUT2D eigenvalue weighted by molar-refractivity contribution is 0.529. The number of pyridine rings is 1.